The van der Waals surface area contributed by atoms with E-state index in [2.05, 4.69) is 21.1 Å². The average molecular weight is 857 g/mol. The Labute approximate surface area is 346 Å². The summed E-state index contributed by atoms with van der Waals surface area (Å²) in [4.78, 5) is 82.6. The molecular weight excluding hydrogens is 811 g/mol. The number of hydrogen-bond donors (Lipinski definition) is 9. The number of β-lactam (4-membered cyclic amide) rings is 1. The van der Waals surface area contributed by atoms with Crippen molar-refractivity contribution in [1.82, 2.24) is 25.6 Å². The summed E-state index contributed by atoms with van der Waals surface area (Å²) in [6.07, 6.45) is 8.76. The monoisotopic (exact) mass is 856 g/mol. The standard InChI is InChI=1S/C37H45N9O11S2/c1-18-7-8-26(39)58-17-21(18)28(43-57-37(3,4)36(54)55)32(50)42-29-33(51)46-30(35(52)53)20(16-59-34(29)46)13-44-11-5-6-19(2)27(22(38)14-44)40-9-10-41-31(49)23-12-24(47)25(48)15-45(23)56/h5,8,11-12,14-15,17-19,29,34,56H,6-7,9-10,13,16,38-39H2,1-4H3,(H5,41,42,48,49,50,52,53,54,55)/p+1/b11-5?,22-14?,43-28-/t18?,19?,29-,34?/m1/s1. The van der Waals surface area contributed by atoms with Gasteiger partial charge in [0, 0.05) is 42.1 Å². The number of nitrogens with two attached hydrogens (primary N) is 2. The Bertz CT molecular complexity index is 2220. The highest BCUT2D eigenvalue weighted by Gasteiger charge is 2.55. The highest BCUT2D eigenvalue weighted by atomic mass is 32.2. The number of rotatable bonds is 14. The molecule has 1 aromatic heterocycles. The van der Waals surface area contributed by atoms with Gasteiger partial charge in [-0.15, -0.1) is 11.8 Å². The number of allylic oxidation sites excluding steroid dienone is 4. The summed E-state index contributed by atoms with van der Waals surface area (Å²) in [7, 11) is 0. The Morgan fingerprint density at radius 1 is 1.10 bits per heavy atom. The number of hydrogen-bond acceptors (Lipinski definition) is 15. The zero-order valence-electron chi connectivity index (χ0n) is 32.5. The van der Waals surface area contributed by atoms with Gasteiger partial charge in [-0.25, -0.2) is 9.59 Å². The second-order valence-electron chi connectivity index (χ2n) is 14.5. The van der Waals surface area contributed by atoms with Crippen LogP contribution in [0.25, 0.3) is 0 Å². The van der Waals surface area contributed by atoms with E-state index in [1.54, 1.807) is 28.5 Å². The van der Waals surface area contributed by atoms with Crippen LogP contribution in [0.1, 0.15) is 51.0 Å². The van der Waals surface area contributed by atoms with Gasteiger partial charge in [-0.1, -0.05) is 36.8 Å². The first-order chi connectivity index (χ1) is 27.8. The summed E-state index contributed by atoms with van der Waals surface area (Å²) in [5.41, 5.74) is 10.9. The number of aliphatic carboxylic acids is 2. The first-order valence-electron chi connectivity index (χ1n) is 18.3. The molecule has 0 aliphatic carbocycles. The lowest BCUT2D eigenvalue weighted by molar-refractivity contribution is -0.442. The highest BCUT2D eigenvalue weighted by molar-refractivity contribution is 8.05. The molecule has 1 aromatic rings. The Hall–Kier alpha value is -6.16. The van der Waals surface area contributed by atoms with Crippen molar-refractivity contribution in [1.29, 1.82) is 0 Å². The van der Waals surface area contributed by atoms with Gasteiger partial charge in [0.15, 0.2) is 30.4 Å². The fourth-order valence-corrected chi connectivity index (χ4v) is 8.41. The SMILES string of the molecule is CC1CC=C(N)SC=C1/C(=N/OC(C)(C)C(=O)O)C(=O)N[C@@H]1C(=O)N2C(C(=O)O)=C(C[N+]3=CC(N)=C(NCCNC(=O)c4cc(=O)c(O)cn4O)C(C)CC=C3)CSC12. The molecule has 11 N–H and O–H groups in total. The van der Waals surface area contributed by atoms with E-state index in [1.807, 2.05) is 19.9 Å². The number of carbonyl (C=O) groups is 5. The van der Waals surface area contributed by atoms with Crippen molar-refractivity contribution in [2.75, 3.05) is 25.4 Å². The van der Waals surface area contributed by atoms with E-state index in [0.717, 1.165) is 28.9 Å². The second kappa shape index (κ2) is 18.2. The van der Waals surface area contributed by atoms with Gasteiger partial charge in [-0.3, -0.25) is 24.1 Å². The van der Waals surface area contributed by atoms with Crippen LogP contribution in [0.5, 0.6) is 5.75 Å². The quantitative estimate of drug-likeness (QED) is 0.0305. The first kappa shape index (κ1) is 44.0. The molecule has 22 heteroatoms. The topological polar surface area (TPSA) is 304 Å². The largest absolute Gasteiger partial charge is 0.503 e. The Balaban J connectivity index is 1.30. The molecule has 3 amide bonds. The maximum Gasteiger partial charge on any atom is 0.352 e. The third-order valence-electron chi connectivity index (χ3n) is 9.67. The molecule has 4 atom stereocenters. The van der Waals surface area contributed by atoms with Crippen molar-refractivity contribution in [3.05, 3.63) is 85.2 Å². The van der Waals surface area contributed by atoms with Crippen LogP contribution in [0, 0.1) is 11.8 Å². The summed E-state index contributed by atoms with van der Waals surface area (Å²) in [6, 6.07) is -0.321. The molecule has 1 fully saturated rings. The minimum atomic E-state index is -1.79. The Morgan fingerprint density at radius 3 is 2.53 bits per heavy atom. The van der Waals surface area contributed by atoms with Gasteiger partial charge < -0.3 is 52.8 Å². The third-order valence-corrected chi connectivity index (χ3v) is 11.8. The van der Waals surface area contributed by atoms with Crippen molar-refractivity contribution < 1.29 is 53.9 Å². The van der Waals surface area contributed by atoms with Crippen LogP contribution in [0.2, 0.25) is 0 Å². The molecule has 5 rings (SSSR count). The number of carbonyl (C=O) groups excluding carboxylic acids is 3. The molecular formula is C37H46N9O11S2+. The number of pyridine rings is 1. The smallest absolute Gasteiger partial charge is 0.352 e. The summed E-state index contributed by atoms with van der Waals surface area (Å²) in [5, 5.41) is 53.0. The van der Waals surface area contributed by atoms with Crippen molar-refractivity contribution >= 4 is 65.1 Å². The number of nitrogens with zero attached hydrogens (tertiary/aromatic N) is 4. The lowest BCUT2D eigenvalue weighted by Crippen LogP contribution is -2.71. The van der Waals surface area contributed by atoms with E-state index in [4.69, 9.17) is 16.3 Å². The molecule has 0 bridgehead atoms. The third kappa shape index (κ3) is 9.94. The molecule has 3 unspecified atom stereocenters. The number of carboxylic acid groups (broad SMARTS) is 2. The van der Waals surface area contributed by atoms with Crippen LogP contribution in [0.4, 0.5) is 0 Å². The number of fused-ring (bicyclic) bond motifs is 1. The highest BCUT2D eigenvalue weighted by Crippen LogP contribution is 2.40. The number of oxime groups is 1. The van der Waals surface area contributed by atoms with E-state index < -0.39 is 57.9 Å². The van der Waals surface area contributed by atoms with Gasteiger partial charge in [-0.05, 0) is 49.7 Å². The van der Waals surface area contributed by atoms with Gasteiger partial charge in [0.2, 0.25) is 11.0 Å². The predicted octanol–water partition coefficient (Wildman–Crippen LogP) is 0.349. The summed E-state index contributed by atoms with van der Waals surface area (Å²) >= 11 is 2.41. The zero-order chi connectivity index (χ0) is 43.3. The number of nitrogens with one attached hydrogen (secondary N) is 3. The lowest BCUT2D eigenvalue weighted by Gasteiger charge is -2.49. The molecule has 1 saturated heterocycles. The van der Waals surface area contributed by atoms with Gasteiger partial charge in [-0.2, -0.15) is 9.31 Å². The van der Waals surface area contributed by atoms with E-state index in [1.165, 1.54) is 25.6 Å². The van der Waals surface area contributed by atoms with Crippen LogP contribution in [0.15, 0.2) is 79.2 Å². The predicted molar refractivity (Wildman–Crippen MR) is 217 cm³/mol. The molecule has 20 nitrogen and oxygen atoms in total. The fraction of sp³-hybridized carbons (Fsp3) is 0.405. The maximum atomic E-state index is 13.8. The number of thioether (sulfide) groups is 2. The van der Waals surface area contributed by atoms with Crippen LogP contribution >= 0.6 is 23.5 Å². The van der Waals surface area contributed by atoms with Gasteiger partial charge in [0.1, 0.15) is 28.5 Å². The average Bonchev–Trinajstić information content (AvgIpc) is 3.33. The van der Waals surface area contributed by atoms with E-state index >= 15 is 0 Å². The Morgan fingerprint density at radius 2 is 1.83 bits per heavy atom. The molecule has 4 aliphatic rings. The van der Waals surface area contributed by atoms with Gasteiger partial charge in [0.05, 0.1) is 11.2 Å². The van der Waals surface area contributed by atoms with Crippen LogP contribution in [-0.4, -0.2) is 119 Å². The normalized spacial score (nSPS) is 22.4. The van der Waals surface area contributed by atoms with Crippen LogP contribution in [-0.2, 0) is 24.0 Å². The number of carboxylic acids is 2. The molecule has 59 heavy (non-hydrogen) atoms. The van der Waals surface area contributed by atoms with E-state index in [9.17, 15) is 49.3 Å². The fourth-order valence-electron chi connectivity index (χ4n) is 6.28. The Kier molecular flexibility index (Phi) is 13.5. The van der Waals surface area contributed by atoms with E-state index in [-0.39, 0.29) is 54.3 Å². The minimum absolute atomic E-state index is 0.0565. The van der Waals surface area contributed by atoms with Crippen molar-refractivity contribution in [2.45, 2.75) is 57.6 Å². The summed E-state index contributed by atoms with van der Waals surface area (Å²) in [6.45, 7) is 6.64. The summed E-state index contributed by atoms with van der Waals surface area (Å²) < 4.78 is 2.04. The van der Waals surface area contributed by atoms with E-state index in [0.29, 0.717) is 45.1 Å². The molecule has 0 spiro atoms. The van der Waals surface area contributed by atoms with Gasteiger partial charge >= 0.3 is 11.9 Å². The zero-order valence-corrected chi connectivity index (χ0v) is 34.1. The molecule has 0 aromatic carbocycles. The van der Waals surface area contributed by atoms with Crippen molar-refractivity contribution in [3.63, 3.8) is 0 Å². The molecule has 316 valence electrons. The van der Waals surface area contributed by atoms with Crippen LogP contribution < -0.4 is 32.8 Å². The number of aromatic hydroxyl groups is 1. The molecule has 0 radical (unpaired) electrons. The molecule has 0 saturated carbocycles. The summed E-state index contributed by atoms with van der Waals surface area (Å²) in [5.74, 6) is -5.77. The number of aromatic nitrogens is 1. The lowest BCUT2D eigenvalue weighted by atomic mass is 9.94. The second-order valence-corrected chi connectivity index (χ2v) is 16.6. The maximum absolute atomic E-state index is 13.8. The van der Waals surface area contributed by atoms with Crippen LogP contribution in [0.3, 0.4) is 0 Å². The minimum Gasteiger partial charge on any atom is -0.503 e. The molecule has 4 aliphatic heterocycles. The number of amides is 3. The van der Waals surface area contributed by atoms with Crippen molar-refractivity contribution in [3.8, 4) is 5.75 Å². The van der Waals surface area contributed by atoms with Crippen molar-refractivity contribution in [2.24, 2.45) is 28.5 Å². The molecule has 5 heterocycles. The van der Waals surface area contributed by atoms with Gasteiger partial charge in [0.25, 0.3) is 17.7 Å². The first-order valence-corrected chi connectivity index (χ1v) is 20.2.